The van der Waals surface area contributed by atoms with E-state index in [0.29, 0.717) is 11.1 Å². The van der Waals surface area contributed by atoms with Crippen molar-refractivity contribution in [3.63, 3.8) is 0 Å². The molecular formula is C24H33N3O4. The molecule has 1 aromatic rings. The molecule has 0 aromatic heterocycles. The lowest BCUT2D eigenvalue weighted by atomic mass is 9.97. The van der Waals surface area contributed by atoms with Crippen molar-refractivity contribution in [1.82, 2.24) is 15.5 Å². The minimum Gasteiger partial charge on any atom is -0.320 e. The van der Waals surface area contributed by atoms with Crippen molar-refractivity contribution < 1.29 is 19.2 Å². The van der Waals surface area contributed by atoms with Crippen molar-refractivity contribution in [2.24, 2.45) is 0 Å². The first-order valence-corrected chi connectivity index (χ1v) is 11.5. The Hall–Kier alpha value is -2.54. The third kappa shape index (κ3) is 5.58. The number of benzene rings is 1. The van der Waals surface area contributed by atoms with Crippen LogP contribution in [0.3, 0.4) is 0 Å². The second kappa shape index (κ2) is 11.2. The van der Waals surface area contributed by atoms with Gasteiger partial charge in [0.05, 0.1) is 11.1 Å². The third-order valence-corrected chi connectivity index (χ3v) is 6.18. The van der Waals surface area contributed by atoms with E-state index in [4.69, 9.17) is 0 Å². The average molecular weight is 428 g/mol. The number of unbranched alkanes of at least 4 members (excludes halogenated alkanes) is 7. The zero-order valence-corrected chi connectivity index (χ0v) is 18.4. The van der Waals surface area contributed by atoms with Crippen LogP contribution in [0.5, 0.6) is 0 Å². The predicted octanol–water partition coefficient (Wildman–Crippen LogP) is 2.97. The van der Waals surface area contributed by atoms with Crippen molar-refractivity contribution in [2.75, 3.05) is 13.6 Å². The number of nitrogens with zero attached hydrogens (tertiary/aromatic N) is 1. The molecule has 0 radical (unpaired) electrons. The number of piperidine rings is 1. The highest BCUT2D eigenvalue weighted by Gasteiger charge is 2.45. The van der Waals surface area contributed by atoms with Gasteiger partial charge < -0.3 is 5.32 Å². The van der Waals surface area contributed by atoms with Crippen LogP contribution in [0.25, 0.3) is 0 Å². The number of imide groups is 2. The molecule has 31 heavy (non-hydrogen) atoms. The fraction of sp³-hybridized carbons (Fsp3) is 0.583. The quantitative estimate of drug-likeness (QED) is 0.395. The molecule has 1 saturated heterocycles. The lowest BCUT2D eigenvalue weighted by molar-refractivity contribution is -0.136. The fourth-order valence-corrected chi connectivity index (χ4v) is 4.47. The SMILES string of the molecule is CNCCCCCCCCCCc1cccc2c1C(=O)N(C1CCC(=O)NC1=O)C2=O. The Morgan fingerprint density at radius 2 is 1.61 bits per heavy atom. The largest absolute Gasteiger partial charge is 0.320 e. The van der Waals surface area contributed by atoms with E-state index in [2.05, 4.69) is 10.6 Å². The molecule has 1 atom stereocenters. The summed E-state index contributed by atoms with van der Waals surface area (Å²) in [6, 6.07) is 4.45. The van der Waals surface area contributed by atoms with Gasteiger partial charge in [-0.3, -0.25) is 29.4 Å². The number of amides is 4. The molecule has 0 spiro atoms. The summed E-state index contributed by atoms with van der Waals surface area (Å²) in [5.41, 5.74) is 1.67. The summed E-state index contributed by atoms with van der Waals surface area (Å²) >= 11 is 0. The first kappa shape index (κ1) is 23.1. The second-order valence-corrected chi connectivity index (χ2v) is 8.47. The molecule has 2 aliphatic rings. The lowest BCUT2D eigenvalue weighted by Crippen LogP contribution is -2.54. The molecule has 3 rings (SSSR count). The third-order valence-electron chi connectivity index (χ3n) is 6.18. The van der Waals surface area contributed by atoms with Crippen molar-refractivity contribution in [3.05, 3.63) is 34.9 Å². The number of aryl methyl sites for hydroxylation is 1. The van der Waals surface area contributed by atoms with Gasteiger partial charge in [0.1, 0.15) is 6.04 Å². The van der Waals surface area contributed by atoms with Crippen molar-refractivity contribution in [1.29, 1.82) is 0 Å². The van der Waals surface area contributed by atoms with Gasteiger partial charge in [0.15, 0.2) is 0 Å². The number of carbonyl (C=O) groups is 4. The van der Waals surface area contributed by atoms with Crippen LogP contribution in [0.4, 0.5) is 0 Å². The molecule has 0 saturated carbocycles. The maximum Gasteiger partial charge on any atom is 0.262 e. The van der Waals surface area contributed by atoms with E-state index in [1.165, 1.54) is 38.5 Å². The first-order valence-electron chi connectivity index (χ1n) is 11.5. The number of fused-ring (bicyclic) bond motifs is 1. The zero-order valence-electron chi connectivity index (χ0n) is 18.4. The summed E-state index contributed by atoms with van der Waals surface area (Å²) in [5, 5.41) is 5.40. The normalized spacial score (nSPS) is 18.5. The highest BCUT2D eigenvalue weighted by atomic mass is 16.2. The molecule has 4 amide bonds. The van der Waals surface area contributed by atoms with E-state index >= 15 is 0 Å². The number of rotatable bonds is 12. The molecule has 0 aliphatic carbocycles. The van der Waals surface area contributed by atoms with Crippen molar-refractivity contribution >= 4 is 23.6 Å². The Kier molecular flexibility index (Phi) is 8.35. The summed E-state index contributed by atoms with van der Waals surface area (Å²) in [4.78, 5) is 50.6. The Balaban J connectivity index is 1.51. The maximum absolute atomic E-state index is 13.1. The zero-order chi connectivity index (χ0) is 22.2. The van der Waals surface area contributed by atoms with Crippen molar-refractivity contribution in [3.8, 4) is 0 Å². The van der Waals surface area contributed by atoms with Gasteiger partial charge >= 0.3 is 0 Å². The van der Waals surface area contributed by atoms with Gasteiger partial charge in [-0.2, -0.15) is 0 Å². The molecule has 2 aliphatic heterocycles. The second-order valence-electron chi connectivity index (χ2n) is 8.47. The van der Waals surface area contributed by atoms with Crippen LogP contribution >= 0.6 is 0 Å². The number of nitrogens with one attached hydrogen (secondary N) is 2. The smallest absolute Gasteiger partial charge is 0.262 e. The average Bonchev–Trinajstić information content (AvgIpc) is 3.01. The monoisotopic (exact) mass is 427 g/mol. The van der Waals surface area contributed by atoms with Crippen LogP contribution in [0.1, 0.15) is 90.5 Å². The molecule has 7 nitrogen and oxygen atoms in total. The van der Waals surface area contributed by atoms with E-state index < -0.39 is 23.8 Å². The van der Waals surface area contributed by atoms with Crippen LogP contribution in [-0.2, 0) is 16.0 Å². The Bertz CT molecular complexity index is 836. The van der Waals surface area contributed by atoms with Crippen molar-refractivity contribution in [2.45, 2.75) is 76.7 Å². The van der Waals surface area contributed by atoms with Crippen LogP contribution in [-0.4, -0.2) is 48.2 Å². The Morgan fingerprint density at radius 3 is 2.29 bits per heavy atom. The van der Waals surface area contributed by atoms with Gasteiger partial charge in [-0.15, -0.1) is 0 Å². The minimum absolute atomic E-state index is 0.131. The van der Waals surface area contributed by atoms with Gasteiger partial charge in [0, 0.05) is 6.42 Å². The van der Waals surface area contributed by atoms with E-state index in [1.807, 2.05) is 13.1 Å². The van der Waals surface area contributed by atoms with Crippen LogP contribution in [0, 0.1) is 0 Å². The van der Waals surface area contributed by atoms with E-state index in [1.54, 1.807) is 12.1 Å². The summed E-state index contributed by atoms with van der Waals surface area (Å²) in [6.07, 6.45) is 10.6. The Morgan fingerprint density at radius 1 is 0.935 bits per heavy atom. The molecule has 7 heteroatoms. The van der Waals surface area contributed by atoms with Gasteiger partial charge in [0.25, 0.3) is 11.8 Å². The summed E-state index contributed by atoms with van der Waals surface area (Å²) in [5.74, 6) is -1.78. The molecular weight excluding hydrogens is 394 g/mol. The van der Waals surface area contributed by atoms with E-state index in [0.717, 1.165) is 36.3 Å². The summed E-state index contributed by atoms with van der Waals surface area (Å²) in [6.45, 7) is 1.09. The van der Waals surface area contributed by atoms with Crippen LogP contribution in [0.15, 0.2) is 18.2 Å². The van der Waals surface area contributed by atoms with Gasteiger partial charge in [-0.1, -0.05) is 50.7 Å². The lowest BCUT2D eigenvalue weighted by Gasteiger charge is -2.27. The molecule has 2 N–H and O–H groups in total. The summed E-state index contributed by atoms with van der Waals surface area (Å²) in [7, 11) is 1.98. The fourth-order valence-electron chi connectivity index (χ4n) is 4.47. The summed E-state index contributed by atoms with van der Waals surface area (Å²) < 4.78 is 0. The minimum atomic E-state index is -0.911. The topological polar surface area (TPSA) is 95.6 Å². The molecule has 168 valence electrons. The highest BCUT2D eigenvalue weighted by Crippen LogP contribution is 2.30. The van der Waals surface area contributed by atoms with Gasteiger partial charge in [-0.05, 0) is 50.9 Å². The molecule has 0 bridgehead atoms. The van der Waals surface area contributed by atoms with E-state index in [-0.39, 0.29) is 18.7 Å². The van der Waals surface area contributed by atoms with Gasteiger partial charge in [-0.25, -0.2) is 0 Å². The number of hydrogen-bond donors (Lipinski definition) is 2. The van der Waals surface area contributed by atoms with Crippen LogP contribution in [0.2, 0.25) is 0 Å². The molecule has 1 unspecified atom stereocenters. The maximum atomic E-state index is 13.1. The number of carbonyl (C=O) groups excluding carboxylic acids is 4. The molecule has 1 fully saturated rings. The van der Waals surface area contributed by atoms with Crippen LogP contribution < -0.4 is 10.6 Å². The number of hydrogen-bond acceptors (Lipinski definition) is 5. The molecule has 1 aromatic carbocycles. The standard InChI is InChI=1S/C24H33N3O4/c1-25-16-9-7-5-3-2-4-6-8-11-17-12-10-13-18-21(17)24(31)27(23(18)30)19-14-15-20(28)26-22(19)29/h10,12-13,19,25H,2-9,11,14-16H2,1H3,(H,26,28,29). The van der Waals surface area contributed by atoms with Gasteiger partial charge in [0.2, 0.25) is 11.8 Å². The van der Waals surface area contributed by atoms with E-state index in [9.17, 15) is 19.2 Å². The predicted molar refractivity (Wildman–Crippen MR) is 118 cm³/mol. The highest BCUT2D eigenvalue weighted by molar-refractivity contribution is 6.24. The first-order chi connectivity index (χ1) is 15.0. The Labute approximate surface area is 183 Å². The molecule has 2 heterocycles.